The van der Waals surface area contributed by atoms with Gasteiger partial charge in [-0.25, -0.2) is 0 Å². The molecule has 0 atom stereocenters. The molecule has 0 aliphatic heterocycles. The maximum Gasteiger partial charge on any atom is 0.00103 e. The number of benzene rings is 1. The van der Waals surface area contributed by atoms with E-state index in [1.807, 2.05) is 0 Å². The van der Waals surface area contributed by atoms with Crippen molar-refractivity contribution in [2.45, 2.75) is 59.4 Å². The second kappa shape index (κ2) is 5.68. The van der Waals surface area contributed by atoms with Crippen LogP contribution >= 0.6 is 0 Å². The molecule has 0 aromatic heterocycles. The average Bonchev–Trinajstić information content (AvgIpc) is 2.20. The molecule has 0 spiro atoms. The van der Waals surface area contributed by atoms with Crippen LogP contribution in [0.25, 0.3) is 0 Å². The summed E-state index contributed by atoms with van der Waals surface area (Å²) in [6.45, 7) is 14.6. The van der Waals surface area contributed by atoms with Crippen molar-refractivity contribution in [1.82, 2.24) is 5.32 Å². The lowest BCUT2D eigenvalue weighted by molar-refractivity contribution is 0.439. The van der Waals surface area contributed by atoms with Gasteiger partial charge in [-0.2, -0.15) is 0 Å². The first kappa shape index (κ1) is 14.2. The van der Waals surface area contributed by atoms with E-state index in [9.17, 15) is 0 Å². The Kier molecular flexibility index (Phi) is 4.76. The molecule has 0 saturated carbocycles. The summed E-state index contributed by atoms with van der Waals surface area (Å²) in [5.74, 6) is 0. The summed E-state index contributed by atoms with van der Waals surface area (Å²) in [4.78, 5) is 0. The minimum Gasteiger partial charge on any atom is -0.315 e. The van der Waals surface area contributed by atoms with Gasteiger partial charge in [-0.1, -0.05) is 51.5 Å². The van der Waals surface area contributed by atoms with Crippen LogP contribution in [0.4, 0.5) is 0 Å². The molecular weight excluding hydrogens is 206 g/mol. The van der Waals surface area contributed by atoms with E-state index in [1.165, 1.54) is 23.1 Å². The quantitative estimate of drug-likeness (QED) is 0.811. The van der Waals surface area contributed by atoms with Crippen LogP contribution in [0.3, 0.4) is 0 Å². The van der Waals surface area contributed by atoms with E-state index < -0.39 is 0 Å². The van der Waals surface area contributed by atoms with Crippen LogP contribution in [-0.2, 0) is 5.41 Å². The fourth-order valence-electron chi connectivity index (χ4n) is 2.27. The van der Waals surface area contributed by atoms with Crippen LogP contribution in [0.15, 0.2) is 18.2 Å². The third kappa shape index (κ3) is 4.16. The highest BCUT2D eigenvalue weighted by Gasteiger charge is 2.22. The van der Waals surface area contributed by atoms with Crippen LogP contribution in [0, 0.1) is 13.8 Å². The minimum absolute atomic E-state index is 0.248. The zero-order chi connectivity index (χ0) is 13.1. The first-order valence-corrected chi connectivity index (χ1v) is 6.64. The molecule has 0 saturated heterocycles. The Morgan fingerprint density at radius 2 is 1.82 bits per heavy atom. The Morgan fingerprint density at radius 1 is 1.18 bits per heavy atom. The lowest BCUT2D eigenvalue weighted by Gasteiger charge is -2.28. The van der Waals surface area contributed by atoms with E-state index in [4.69, 9.17) is 0 Å². The van der Waals surface area contributed by atoms with Crippen molar-refractivity contribution in [2.75, 3.05) is 6.54 Å². The fraction of sp³-hybridized carbons (Fsp3) is 0.625. The number of hydrogen-bond donors (Lipinski definition) is 1. The summed E-state index contributed by atoms with van der Waals surface area (Å²) >= 11 is 0. The van der Waals surface area contributed by atoms with Crippen molar-refractivity contribution >= 4 is 0 Å². The van der Waals surface area contributed by atoms with Crippen LogP contribution in [0.2, 0.25) is 0 Å². The third-order valence-electron chi connectivity index (χ3n) is 3.42. The van der Waals surface area contributed by atoms with Crippen molar-refractivity contribution in [1.29, 1.82) is 0 Å². The summed E-state index contributed by atoms with van der Waals surface area (Å²) in [7, 11) is 0. The Morgan fingerprint density at radius 3 is 2.41 bits per heavy atom. The Bertz CT molecular complexity index is 364. The SMILES string of the molecule is Cc1ccc(C)c(C(C)(C)CCNC(C)C)c1. The molecule has 0 radical (unpaired) electrons. The van der Waals surface area contributed by atoms with Crippen molar-refractivity contribution in [2.24, 2.45) is 0 Å². The van der Waals surface area contributed by atoms with Crippen LogP contribution in [0.5, 0.6) is 0 Å². The second-order valence-corrected chi connectivity index (χ2v) is 6.06. The van der Waals surface area contributed by atoms with Crippen molar-refractivity contribution in [3.63, 3.8) is 0 Å². The summed E-state index contributed by atoms with van der Waals surface area (Å²) in [6, 6.07) is 7.35. The van der Waals surface area contributed by atoms with E-state index >= 15 is 0 Å². The van der Waals surface area contributed by atoms with E-state index in [0.29, 0.717) is 6.04 Å². The zero-order valence-electron chi connectivity index (χ0n) is 12.2. The molecule has 0 bridgehead atoms. The third-order valence-corrected chi connectivity index (χ3v) is 3.42. The number of nitrogens with one attached hydrogen (secondary N) is 1. The van der Waals surface area contributed by atoms with Gasteiger partial charge >= 0.3 is 0 Å². The van der Waals surface area contributed by atoms with Gasteiger partial charge in [-0.05, 0) is 43.4 Å². The first-order valence-electron chi connectivity index (χ1n) is 6.64. The smallest absolute Gasteiger partial charge is 0.00103 e. The predicted octanol–water partition coefficient (Wildman–Crippen LogP) is 3.97. The molecule has 1 aromatic rings. The fourth-order valence-corrected chi connectivity index (χ4v) is 2.27. The molecule has 1 heteroatoms. The Labute approximate surface area is 107 Å². The zero-order valence-corrected chi connectivity index (χ0v) is 12.2. The Balaban J connectivity index is 2.77. The molecule has 1 N–H and O–H groups in total. The van der Waals surface area contributed by atoms with E-state index in [2.05, 4.69) is 65.1 Å². The highest BCUT2D eigenvalue weighted by atomic mass is 14.9. The second-order valence-electron chi connectivity index (χ2n) is 6.06. The van der Waals surface area contributed by atoms with E-state index in [-0.39, 0.29) is 5.41 Å². The molecule has 0 aliphatic rings. The highest BCUT2D eigenvalue weighted by molar-refractivity contribution is 5.35. The van der Waals surface area contributed by atoms with Gasteiger partial charge in [0.1, 0.15) is 0 Å². The molecule has 0 fully saturated rings. The van der Waals surface area contributed by atoms with Crippen molar-refractivity contribution in [3.8, 4) is 0 Å². The standard InChI is InChI=1S/C16H27N/c1-12(2)17-10-9-16(5,6)15-11-13(3)7-8-14(15)4/h7-8,11-12,17H,9-10H2,1-6H3. The molecule has 17 heavy (non-hydrogen) atoms. The summed E-state index contributed by atoms with van der Waals surface area (Å²) in [6.07, 6.45) is 1.18. The normalized spacial score (nSPS) is 12.2. The first-order chi connectivity index (χ1) is 7.83. The minimum atomic E-state index is 0.248. The maximum atomic E-state index is 3.51. The van der Waals surface area contributed by atoms with Gasteiger partial charge in [-0.15, -0.1) is 0 Å². The molecule has 96 valence electrons. The van der Waals surface area contributed by atoms with Crippen LogP contribution in [0.1, 0.15) is 50.8 Å². The molecule has 0 aliphatic carbocycles. The highest BCUT2D eigenvalue weighted by Crippen LogP contribution is 2.30. The van der Waals surface area contributed by atoms with Crippen molar-refractivity contribution < 1.29 is 0 Å². The van der Waals surface area contributed by atoms with E-state index in [0.717, 1.165) is 6.54 Å². The van der Waals surface area contributed by atoms with Crippen molar-refractivity contribution in [3.05, 3.63) is 34.9 Å². The summed E-state index contributed by atoms with van der Waals surface area (Å²) < 4.78 is 0. The molecule has 0 amide bonds. The van der Waals surface area contributed by atoms with Gasteiger partial charge in [0.25, 0.3) is 0 Å². The van der Waals surface area contributed by atoms with Crippen LogP contribution < -0.4 is 5.32 Å². The Hall–Kier alpha value is -0.820. The lowest BCUT2D eigenvalue weighted by Crippen LogP contribution is -2.30. The molecule has 1 aromatic carbocycles. The molecule has 1 rings (SSSR count). The largest absolute Gasteiger partial charge is 0.315 e. The molecular formula is C16H27N. The molecule has 1 nitrogen and oxygen atoms in total. The van der Waals surface area contributed by atoms with Gasteiger partial charge in [0.2, 0.25) is 0 Å². The summed E-state index contributed by atoms with van der Waals surface area (Å²) in [5.41, 5.74) is 4.50. The predicted molar refractivity (Wildman–Crippen MR) is 76.7 cm³/mol. The van der Waals surface area contributed by atoms with Crippen LogP contribution in [-0.4, -0.2) is 12.6 Å². The monoisotopic (exact) mass is 233 g/mol. The summed E-state index contributed by atoms with van der Waals surface area (Å²) in [5, 5.41) is 3.51. The number of rotatable bonds is 5. The van der Waals surface area contributed by atoms with Gasteiger partial charge < -0.3 is 5.32 Å². The maximum absolute atomic E-state index is 3.51. The average molecular weight is 233 g/mol. The van der Waals surface area contributed by atoms with E-state index in [1.54, 1.807) is 0 Å². The number of aryl methyl sites for hydroxylation is 2. The number of hydrogen-bond acceptors (Lipinski definition) is 1. The lowest BCUT2D eigenvalue weighted by atomic mass is 9.78. The van der Waals surface area contributed by atoms with Gasteiger partial charge in [-0.3, -0.25) is 0 Å². The molecule has 0 unspecified atom stereocenters. The van der Waals surface area contributed by atoms with Gasteiger partial charge in [0, 0.05) is 6.04 Å². The topological polar surface area (TPSA) is 12.0 Å². The molecule has 0 heterocycles. The van der Waals surface area contributed by atoms with Gasteiger partial charge in [0.05, 0.1) is 0 Å². The van der Waals surface area contributed by atoms with Gasteiger partial charge in [0.15, 0.2) is 0 Å².